The zero-order chi connectivity index (χ0) is 21.6. The lowest BCUT2D eigenvalue weighted by molar-refractivity contribution is -0.117. The molecule has 3 N–H and O–H groups in total. The van der Waals surface area contributed by atoms with Crippen LogP contribution in [0, 0.1) is 0 Å². The van der Waals surface area contributed by atoms with Crippen molar-refractivity contribution >= 4 is 28.2 Å². The van der Waals surface area contributed by atoms with E-state index in [0.717, 1.165) is 59.5 Å². The minimum absolute atomic E-state index is 0.0121. The number of hydrogen-bond donors (Lipinski definition) is 3. The summed E-state index contributed by atoms with van der Waals surface area (Å²) in [6.45, 7) is 1.99. The average Bonchev–Trinajstić information content (AvgIpc) is 2.80. The van der Waals surface area contributed by atoms with Gasteiger partial charge in [0, 0.05) is 42.0 Å². The van der Waals surface area contributed by atoms with E-state index in [0.29, 0.717) is 6.54 Å². The van der Waals surface area contributed by atoms with Gasteiger partial charge in [-0.15, -0.1) is 0 Å². The van der Waals surface area contributed by atoms with E-state index in [-0.39, 0.29) is 18.6 Å². The van der Waals surface area contributed by atoms with Crippen molar-refractivity contribution in [3.63, 3.8) is 0 Å². The van der Waals surface area contributed by atoms with Crippen LogP contribution in [0.5, 0.6) is 5.75 Å². The van der Waals surface area contributed by atoms with Crippen molar-refractivity contribution in [2.24, 2.45) is 0 Å². The summed E-state index contributed by atoms with van der Waals surface area (Å²) in [5, 5.41) is 17.2. The molecule has 1 aliphatic rings. The van der Waals surface area contributed by atoms with Crippen LogP contribution in [0.4, 0.5) is 11.4 Å². The number of para-hydroxylation sites is 1. The van der Waals surface area contributed by atoms with E-state index in [9.17, 15) is 9.90 Å². The molecule has 0 spiro atoms. The summed E-state index contributed by atoms with van der Waals surface area (Å²) in [6, 6.07) is 15.6. The highest BCUT2D eigenvalue weighted by molar-refractivity contribution is 5.94. The molecule has 1 amide bonds. The SMILES string of the molecule is COc1cccc(CO)c1NC1CCN(CC(=O)Nc2ccc3ncccc3c2)CC1. The van der Waals surface area contributed by atoms with Crippen LogP contribution < -0.4 is 15.4 Å². The fourth-order valence-electron chi connectivity index (χ4n) is 4.04. The van der Waals surface area contributed by atoms with Crippen LogP contribution in [0.2, 0.25) is 0 Å². The maximum absolute atomic E-state index is 12.5. The van der Waals surface area contributed by atoms with Crippen molar-refractivity contribution in [3.05, 3.63) is 60.3 Å². The summed E-state index contributed by atoms with van der Waals surface area (Å²) in [5.74, 6) is 0.723. The third-order valence-corrected chi connectivity index (χ3v) is 5.69. The Morgan fingerprint density at radius 3 is 2.81 bits per heavy atom. The number of fused-ring (bicyclic) bond motifs is 1. The molecule has 7 heteroatoms. The molecule has 0 unspecified atom stereocenters. The van der Waals surface area contributed by atoms with Crippen molar-refractivity contribution in [1.29, 1.82) is 0 Å². The number of anilines is 2. The van der Waals surface area contributed by atoms with Gasteiger partial charge in [-0.05, 0) is 43.2 Å². The van der Waals surface area contributed by atoms with Gasteiger partial charge in [0.05, 0.1) is 31.5 Å². The van der Waals surface area contributed by atoms with Crippen molar-refractivity contribution in [3.8, 4) is 5.75 Å². The van der Waals surface area contributed by atoms with Gasteiger partial charge < -0.3 is 20.5 Å². The number of ether oxygens (including phenoxy) is 1. The average molecular weight is 421 g/mol. The first-order chi connectivity index (χ1) is 15.2. The molecule has 0 atom stereocenters. The number of piperidine rings is 1. The lowest BCUT2D eigenvalue weighted by Gasteiger charge is -2.33. The van der Waals surface area contributed by atoms with Gasteiger partial charge >= 0.3 is 0 Å². The van der Waals surface area contributed by atoms with Crippen LogP contribution in [0.15, 0.2) is 54.7 Å². The number of carbonyl (C=O) groups excluding carboxylic acids is 1. The molecule has 1 aliphatic heterocycles. The Balaban J connectivity index is 1.29. The lowest BCUT2D eigenvalue weighted by Crippen LogP contribution is -2.42. The Hall–Kier alpha value is -3.16. The molecule has 4 rings (SSSR count). The van der Waals surface area contributed by atoms with Gasteiger partial charge in [0.1, 0.15) is 5.75 Å². The van der Waals surface area contributed by atoms with Crippen LogP contribution in [0.25, 0.3) is 10.9 Å². The van der Waals surface area contributed by atoms with E-state index < -0.39 is 0 Å². The number of nitrogens with zero attached hydrogens (tertiary/aromatic N) is 2. The normalized spacial score (nSPS) is 15.0. The van der Waals surface area contributed by atoms with E-state index in [1.165, 1.54) is 0 Å². The highest BCUT2D eigenvalue weighted by Crippen LogP contribution is 2.30. The monoisotopic (exact) mass is 420 g/mol. The third-order valence-electron chi connectivity index (χ3n) is 5.69. The van der Waals surface area contributed by atoms with Crippen LogP contribution >= 0.6 is 0 Å². The standard InChI is InChI=1S/C24H28N4O3/c1-31-22-6-2-4-18(16-29)24(22)27-19-9-12-28(13-10-19)15-23(30)26-20-7-8-21-17(14-20)5-3-11-25-21/h2-8,11,14,19,27,29H,9-10,12-13,15-16H2,1H3,(H,26,30). The molecule has 162 valence electrons. The zero-order valence-electron chi connectivity index (χ0n) is 17.7. The van der Waals surface area contributed by atoms with E-state index in [4.69, 9.17) is 4.74 Å². The van der Waals surface area contributed by atoms with Crippen molar-refractivity contribution < 1.29 is 14.6 Å². The fourth-order valence-corrected chi connectivity index (χ4v) is 4.04. The molecule has 0 saturated carbocycles. The summed E-state index contributed by atoms with van der Waals surface area (Å²) >= 11 is 0. The number of likely N-dealkylation sites (tertiary alicyclic amines) is 1. The zero-order valence-corrected chi connectivity index (χ0v) is 17.7. The van der Waals surface area contributed by atoms with Gasteiger partial charge in [-0.1, -0.05) is 18.2 Å². The van der Waals surface area contributed by atoms with E-state index in [2.05, 4.69) is 20.5 Å². The Labute approximate surface area is 182 Å². The molecule has 0 bridgehead atoms. The number of aromatic nitrogens is 1. The van der Waals surface area contributed by atoms with Crippen molar-refractivity contribution in [2.45, 2.75) is 25.5 Å². The van der Waals surface area contributed by atoms with Gasteiger partial charge in [0.15, 0.2) is 0 Å². The first kappa shape index (κ1) is 21.1. The molecule has 2 aromatic carbocycles. The minimum Gasteiger partial charge on any atom is -0.495 e. The summed E-state index contributed by atoms with van der Waals surface area (Å²) in [5.41, 5.74) is 3.38. The molecule has 3 aromatic rings. The van der Waals surface area contributed by atoms with Gasteiger partial charge in [0.2, 0.25) is 5.91 Å². The molecule has 1 saturated heterocycles. The summed E-state index contributed by atoms with van der Waals surface area (Å²) in [4.78, 5) is 19.0. The number of aliphatic hydroxyl groups is 1. The molecule has 7 nitrogen and oxygen atoms in total. The highest BCUT2D eigenvalue weighted by Gasteiger charge is 2.22. The Kier molecular flexibility index (Phi) is 6.64. The Bertz CT molecular complexity index is 1030. The number of pyridine rings is 1. The minimum atomic E-state index is -0.0383. The molecular formula is C24H28N4O3. The molecule has 31 heavy (non-hydrogen) atoms. The quantitative estimate of drug-likeness (QED) is 0.544. The summed E-state index contributed by atoms with van der Waals surface area (Å²) < 4.78 is 5.45. The summed E-state index contributed by atoms with van der Waals surface area (Å²) in [7, 11) is 1.63. The molecular weight excluding hydrogens is 392 g/mol. The third kappa shape index (κ3) is 5.13. The second-order valence-corrected chi connectivity index (χ2v) is 7.81. The predicted molar refractivity (Wildman–Crippen MR) is 122 cm³/mol. The Morgan fingerprint density at radius 1 is 1.19 bits per heavy atom. The highest BCUT2D eigenvalue weighted by atomic mass is 16.5. The summed E-state index contributed by atoms with van der Waals surface area (Å²) in [6.07, 6.45) is 3.59. The lowest BCUT2D eigenvalue weighted by atomic mass is 10.0. The first-order valence-corrected chi connectivity index (χ1v) is 10.6. The number of aliphatic hydroxyl groups excluding tert-OH is 1. The van der Waals surface area contributed by atoms with Crippen molar-refractivity contribution in [2.75, 3.05) is 37.4 Å². The number of benzene rings is 2. The van der Waals surface area contributed by atoms with E-state index >= 15 is 0 Å². The van der Waals surface area contributed by atoms with Crippen LogP contribution in [0.3, 0.4) is 0 Å². The first-order valence-electron chi connectivity index (χ1n) is 10.6. The van der Waals surface area contributed by atoms with Gasteiger partial charge in [-0.2, -0.15) is 0 Å². The fraction of sp³-hybridized carbons (Fsp3) is 0.333. The molecule has 1 fully saturated rings. The van der Waals surface area contributed by atoms with E-state index in [1.807, 2.05) is 48.5 Å². The number of rotatable bonds is 7. The molecule has 1 aromatic heterocycles. The molecule has 0 aliphatic carbocycles. The number of nitrogens with one attached hydrogen (secondary N) is 2. The second-order valence-electron chi connectivity index (χ2n) is 7.81. The van der Waals surface area contributed by atoms with Gasteiger partial charge in [-0.3, -0.25) is 14.7 Å². The Morgan fingerprint density at radius 2 is 2.03 bits per heavy atom. The van der Waals surface area contributed by atoms with Gasteiger partial charge in [-0.25, -0.2) is 0 Å². The smallest absolute Gasteiger partial charge is 0.238 e. The maximum Gasteiger partial charge on any atom is 0.238 e. The number of amides is 1. The van der Waals surface area contributed by atoms with Crippen LogP contribution in [0.1, 0.15) is 18.4 Å². The number of methoxy groups -OCH3 is 1. The van der Waals surface area contributed by atoms with Gasteiger partial charge in [0.25, 0.3) is 0 Å². The van der Waals surface area contributed by atoms with E-state index in [1.54, 1.807) is 13.3 Å². The predicted octanol–water partition coefficient (Wildman–Crippen LogP) is 3.25. The molecule has 0 radical (unpaired) electrons. The van der Waals surface area contributed by atoms with Crippen LogP contribution in [-0.2, 0) is 11.4 Å². The topological polar surface area (TPSA) is 86.7 Å². The number of hydrogen-bond acceptors (Lipinski definition) is 6. The largest absolute Gasteiger partial charge is 0.495 e. The van der Waals surface area contributed by atoms with Crippen molar-refractivity contribution in [1.82, 2.24) is 9.88 Å². The molecule has 2 heterocycles. The second kappa shape index (κ2) is 9.76. The van der Waals surface area contributed by atoms with Crippen LogP contribution in [-0.4, -0.2) is 53.7 Å². The number of carbonyl (C=O) groups is 1. The maximum atomic E-state index is 12.5.